The molecule has 0 nitrogen and oxygen atoms in total. The van der Waals surface area contributed by atoms with Crippen molar-refractivity contribution in [2.45, 2.75) is 0 Å². The Morgan fingerprint density at radius 3 is 1.48 bits per heavy atom. The van der Waals surface area contributed by atoms with Crippen molar-refractivity contribution >= 4 is 96.5 Å². The van der Waals surface area contributed by atoms with E-state index in [0.29, 0.717) is 0 Å². The van der Waals surface area contributed by atoms with Gasteiger partial charge < -0.3 is 0 Å². The van der Waals surface area contributed by atoms with Crippen LogP contribution in [0.25, 0.3) is 98.0 Å². The van der Waals surface area contributed by atoms with Crippen LogP contribution in [0.5, 0.6) is 0 Å². The van der Waals surface area contributed by atoms with Crippen LogP contribution in [0.15, 0.2) is 155 Å². The van der Waals surface area contributed by atoms with Crippen LogP contribution in [0.4, 0.5) is 0 Å². The summed E-state index contributed by atoms with van der Waals surface area (Å²) in [6.45, 7) is 0. The number of benzene rings is 10. The highest BCUT2D eigenvalue weighted by molar-refractivity contribution is 9.11. The Morgan fingerprint density at radius 2 is 0.761 bits per heavy atom. The monoisotopic (exact) mass is 710 g/mol. The molecule has 0 fully saturated rings. The summed E-state index contributed by atoms with van der Waals surface area (Å²) in [4.78, 5) is 0. The van der Waals surface area contributed by atoms with Crippen molar-refractivity contribution in [3.63, 3.8) is 0 Å². The van der Waals surface area contributed by atoms with E-state index in [1.807, 2.05) is 0 Å². The zero-order valence-corrected chi connectivity index (χ0v) is 27.8. The summed E-state index contributed by atoms with van der Waals surface area (Å²) in [6, 6.07) is 53.5. The fraction of sp³-hybridized carbons (Fsp3) is 0. The third-order valence-corrected chi connectivity index (χ3v) is 11.2. The van der Waals surface area contributed by atoms with Crippen LogP contribution in [-0.2, 0) is 0 Å². The molecule has 0 saturated heterocycles. The molecule has 0 aliphatic carbocycles. The average molecular weight is 712 g/mol. The lowest BCUT2D eigenvalue weighted by Gasteiger charge is -2.24. The second-order valence-corrected chi connectivity index (χ2v) is 14.0. The molecule has 0 heterocycles. The van der Waals surface area contributed by atoms with Gasteiger partial charge in [-0.15, -0.1) is 0 Å². The van der Waals surface area contributed by atoms with E-state index in [-0.39, 0.29) is 0 Å². The Balaban J connectivity index is 1.50. The third-order valence-electron chi connectivity index (χ3n) is 9.88. The minimum atomic E-state index is 1.12. The van der Waals surface area contributed by atoms with Gasteiger partial charge in [0.2, 0.25) is 0 Å². The minimum Gasteiger partial charge on any atom is -0.0622 e. The molecule has 0 spiro atoms. The molecule has 46 heavy (non-hydrogen) atoms. The second kappa shape index (κ2) is 9.87. The van der Waals surface area contributed by atoms with E-state index in [9.17, 15) is 0 Å². The van der Waals surface area contributed by atoms with Gasteiger partial charge in [-0.2, -0.15) is 0 Å². The number of hydrogen-bond donors (Lipinski definition) is 0. The normalized spacial score (nSPS) is 12.1. The maximum Gasteiger partial charge on any atom is 0.0266 e. The largest absolute Gasteiger partial charge is 0.0622 e. The average Bonchev–Trinajstić information content (AvgIpc) is 3.11. The Bertz CT molecular complexity index is 2780. The van der Waals surface area contributed by atoms with Gasteiger partial charge in [0.1, 0.15) is 0 Å². The van der Waals surface area contributed by atoms with Gasteiger partial charge in [-0.05, 0) is 111 Å². The summed E-state index contributed by atoms with van der Waals surface area (Å²) in [6.07, 6.45) is 0. The van der Waals surface area contributed by atoms with Gasteiger partial charge in [-0.25, -0.2) is 0 Å². The van der Waals surface area contributed by atoms with E-state index in [1.54, 1.807) is 0 Å². The van der Waals surface area contributed by atoms with Gasteiger partial charge in [-0.1, -0.05) is 159 Å². The molecule has 0 radical (unpaired) electrons. The molecule has 0 amide bonds. The molecule has 10 aromatic rings. The predicted octanol–water partition coefficient (Wildman–Crippen LogP) is 14.0. The molecule has 214 valence electrons. The summed E-state index contributed by atoms with van der Waals surface area (Å²) < 4.78 is 2.24. The maximum atomic E-state index is 4.08. The first kappa shape index (κ1) is 26.5. The molecule has 2 heteroatoms. The number of fused-ring (bicyclic) bond motifs is 4. The first-order valence-corrected chi connectivity index (χ1v) is 17.2. The smallest absolute Gasteiger partial charge is 0.0266 e. The Morgan fingerprint density at radius 1 is 0.261 bits per heavy atom. The second-order valence-electron chi connectivity index (χ2n) is 12.2. The van der Waals surface area contributed by atoms with Gasteiger partial charge in [0.15, 0.2) is 0 Å². The molecule has 0 aliphatic heterocycles. The number of rotatable bonds is 3. The van der Waals surface area contributed by atoms with E-state index >= 15 is 0 Å². The zero-order valence-electron chi connectivity index (χ0n) is 24.6. The lowest BCUT2D eigenvalue weighted by Crippen LogP contribution is -1.96. The predicted molar refractivity (Wildman–Crippen MR) is 206 cm³/mol. The molecule has 0 aromatic heterocycles. The summed E-state index contributed by atoms with van der Waals surface area (Å²) in [5.41, 5.74) is 7.43. The molecular weight excluding hydrogens is 688 g/mol. The first-order chi connectivity index (χ1) is 22.7. The van der Waals surface area contributed by atoms with E-state index in [2.05, 4.69) is 177 Å². The minimum absolute atomic E-state index is 1.12. The standard InChI is InChI=1S/C44H24Br2/c45-37-24-36-35-22-28(25-10-4-1-5-11-25)23-38(46)39(35)33-21-18-31-29(26-12-6-2-7-13-26)16-20-34-40-30(27-14-8-3-9-15-27)17-19-32(37)42(40)44(36)43(33)41(31)34/h1-24H. The third kappa shape index (κ3) is 3.60. The van der Waals surface area contributed by atoms with Crippen LogP contribution in [0.3, 0.4) is 0 Å². The molecule has 0 atom stereocenters. The highest BCUT2D eigenvalue weighted by atomic mass is 79.9. The van der Waals surface area contributed by atoms with Crippen LogP contribution in [0.1, 0.15) is 0 Å². The highest BCUT2D eigenvalue weighted by Gasteiger charge is 2.25. The molecule has 0 saturated carbocycles. The van der Waals surface area contributed by atoms with Crippen molar-refractivity contribution in [2.75, 3.05) is 0 Å². The fourth-order valence-corrected chi connectivity index (χ4v) is 9.20. The van der Waals surface area contributed by atoms with Crippen molar-refractivity contribution < 1.29 is 0 Å². The van der Waals surface area contributed by atoms with E-state index < -0.39 is 0 Å². The summed E-state index contributed by atoms with van der Waals surface area (Å²) in [5, 5.41) is 15.6. The Kier molecular flexibility index (Phi) is 5.68. The zero-order chi connectivity index (χ0) is 30.5. The van der Waals surface area contributed by atoms with Crippen LogP contribution in [-0.4, -0.2) is 0 Å². The van der Waals surface area contributed by atoms with Crippen molar-refractivity contribution in [1.29, 1.82) is 0 Å². The SMILES string of the molecule is Brc1cc2c3cc(-c4ccccc4)cc(Br)c3c3ccc4c(-c5ccccc5)ccc5c6c(-c7ccccc7)ccc1c6c2c3c45. The van der Waals surface area contributed by atoms with E-state index in [4.69, 9.17) is 0 Å². The summed E-state index contributed by atoms with van der Waals surface area (Å²) >= 11 is 8.13. The van der Waals surface area contributed by atoms with Crippen molar-refractivity contribution in [3.05, 3.63) is 155 Å². The van der Waals surface area contributed by atoms with Crippen molar-refractivity contribution in [2.24, 2.45) is 0 Å². The quantitative estimate of drug-likeness (QED) is 0.126. The fourth-order valence-electron chi connectivity index (χ4n) is 7.97. The molecule has 0 unspecified atom stereocenters. The first-order valence-electron chi connectivity index (χ1n) is 15.6. The Hall–Kier alpha value is -4.76. The number of hydrogen-bond acceptors (Lipinski definition) is 0. The van der Waals surface area contributed by atoms with Gasteiger partial charge in [0.05, 0.1) is 0 Å². The van der Waals surface area contributed by atoms with Crippen LogP contribution in [0, 0.1) is 0 Å². The molecule has 0 aliphatic rings. The maximum absolute atomic E-state index is 4.08. The lowest BCUT2D eigenvalue weighted by atomic mass is 9.80. The van der Waals surface area contributed by atoms with Gasteiger partial charge in [0.25, 0.3) is 0 Å². The van der Waals surface area contributed by atoms with E-state index in [0.717, 1.165) is 8.95 Å². The van der Waals surface area contributed by atoms with Crippen LogP contribution >= 0.6 is 31.9 Å². The molecule has 0 N–H and O–H groups in total. The van der Waals surface area contributed by atoms with Crippen molar-refractivity contribution in [3.8, 4) is 33.4 Å². The van der Waals surface area contributed by atoms with E-state index in [1.165, 1.54) is 98.0 Å². The topological polar surface area (TPSA) is 0 Å². The molecule has 10 rings (SSSR count). The molecule has 0 bridgehead atoms. The number of halogens is 2. The molecule has 10 aromatic carbocycles. The Labute approximate surface area is 282 Å². The highest BCUT2D eigenvalue weighted by Crippen LogP contribution is 2.53. The van der Waals surface area contributed by atoms with Gasteiger partial charge in [0, 0.05) is 14.3 Å². The van der Waals surface area contributed by atoms with Gasteiger partial charge >= 0.3 is 0 Å². The van der Waals surface area contributed by atoms with Gasteiger partial charge in [-0.3, -0.25) is 0 Å². The lowest BCUT2D eigenvalue weighted by molar-refractivity contribution is 1.64. The van der Waals surface area contributed by atoms with Crippen LogP contribution in [0.2, 0.25) is 0 Å². The summed E-state index contributed by atoms with van der Waals surface area (Å²) in [5.74, 6) is 0. The van der Waals surface area contributed by atoms with Crippen LogP contribution < -0.4 is 0 Å². The van der Waals surface area contributed by atoms with Crippen molar-refractivity contribution in [1.82, 2.24) is 0 Å². The summed E-state index contributed by atoms with van der Waals surface area (Å²) in [7, 11) is 0. The molecular formula is C44H24Br2.